The van der Waals surface area contributed by atoms with Crippen molar-refractivity contribution in [3.05, 3.63) is 77.9 Å². The maximum Gasteiger partial charge on any atom is 0.251 e. The molecule has 0 aromatic heterocycles. The fourth-order valence-electron chi connectivity index (χ4n) is 2.69. The van der Waals surface area contributed by atoms with Gasteiger partial charge in [-0.25, -0.2) is 0 Å². The Labute approximate surface area is 173 Å². The van der Waals surface area contributed by atoms with Gasteiger partial charge in [-0.2, -0.15) is 0 Å². The predicted molar refractivity (Wildman–Crippen MR) is 118 cm³/mol. The summed E-state index contributed by atoms with van der Waals surface area (Å²) >= 11 is 0. The zero-order chi connectivity index (χ0) is 20.9. The van der Waals surface area contributed by atoms with E-state index in [0.29, 0.717) is 37.8 Å². The van der Waals surface area contributed by atoms with E-state index in [2.05, 4.69) is 27.5 Å². The van der Waals surface area contributed by atoms with E-state index in [1.165, 1.54) is 0 Å². The number of amides is 1. The van der Waals surface area contributed by atoms with E-state index < -0.39 is 0 Å². The van der Waals surface area contributed by atoms with Crippen LogP contribution in [0.15, 0.2) is 66.2 Å². The lowest BCUT2D eigenvalue weighted by Gasteiger charge is -2.14. The summed E-state index contributed by atoms with van der Waals surface area (Å²) < 4.78 is 5.69. The van der Waals surface area contributed by atoms with Crippen LogP contribution in [0.3, 0.4) is 0 Å². The highest BCUT2D eigenvalue weighted by atomic mass is 16.5. The van der Waals surface area contributed by atoms with Crippen molar-refractivity contribution in [2.75, 3.05) is 20.2 Å². The molecule has 2 aromatic carbocycles. The Morgan fingerprint density at radius 3 is 2.66 bits per heavy atom. The van der Waals surface area contributed by atoms with Crippen LogP contribution in [0.4, 0.5) is 0 Å². The maximum absolute atomic E-state index is 12.1. The number of nitrogens with zero attached hydrogens (tertiary/aromatic N) is 1. The van der Waals surface area contributed by atoms with Crippen LogP contribution in [-0.2, 0) is 13.1 Å². The smallest absolute Gasteiger partial charge is 0.251 e. The second-order valence-corrected chi connectivity index (χ2v) is 6.44. The first-order valence-corrected chi connectivity index (χ1v) is 9.81. The van der Waals surface area contributed by atoms with E-state index in [1.54, 1.807) is 13.1 Å². The number of carbonyl (C=O) groups is 1. The van der Waals surface area contributed by atoms with Gasteiger partial charge in [0.25, 0.3) is 5.91 Å². The number of carbonyl (C=O) groups excluding carboxylic acids is 1. The van der Waals surface area contributed by atoms with E-state index in [-0.39, 0.29) is 5.91 Å². The van der Waals surface area contributed by atoms with Gasteiger partial charge in [-0.15, -0.1) is 0 Å². The summed E-state index contributed by atoms with van der Waals surface area (Å²) in [6.45, 7) is 7.99. The highest BCUT2D eigenvalue weighted by Crippen LogP contribution is 2.17. The highest BCUT2D eigenvalue weighted by molar-refractivity contribution is 5.94. The molecule has 0 heterocycles. The molecule has 29 heavy (non-hydrogen) atoms. The standard InChI is InChI=1S/C23H30N4O2/c1-4-13-25-22(28)19-11-8-9-18(15-19)16-26-23(24-3)27-17-20-10-6-7-12-21(20)29-14-5-2/h5-12,15H,2,4,13-14,16-17H2,1,3H3,(H,25,28)(H2,24,26,27). The Hall–Kier alpha value is -3.28. The molecule has 0 aliphatic heterocycles. The predicted octanol–water partition coefficient (Wildman–Crippen LogP) is 3.26. The topological polar surface area (TPSA) is 74.8 Å². The van der Waals surface area contributed by atoms with Gasteiger partial charge in [0.1, 0.15) is 12.4 Å². The summed E-state index contributed by atoms with van der Waals surface area (Å²) in [5.74, 6) is 1.44. The average Bonchev–Trinajstić information content (AvgIpc) is 2.77. The lowest BCUT2D eigenvalue weighted by atomic mass is 10.1. The molecule has 3 N–H and O–H groups in total. The lowest BCUT2D eigenvalue weighted by molar-refractivity contribution is 0.0953. The Kier molecular flexibility index (Phi) is 9.29. The Morgan fingerprint density at radius 2 is 1.90 bits per heavy atom. The SMILES string of the molecule is C=CCOc1ccccc1CNC(=NC)NCc1cccc(C(=O)NCCC)c1. The second kappa shape index (κ2) is 12.2. The molecule has 0 unspecified atom stereocenters. The van der Waals surface area contributed by atoms with Gasteiger partial charge in [0, 0.05) is 37.8 Å². The van der Waals surface area contributed by atoms with Crippen LogP contribution in [-0.4, -0.2) is 32.1 Å². The third-order valence-corrected chi connectivity index (χ3v) is 4.18. The van der Waals surface area contributed by atoms with Crippen molar-refractivity contribution >= 4 is 11.9 Å². The zero-order valence-electron chi connectivity index (χ0n) is 17.2. The van der Waals surface area contributed by atoms with Gasteiger partial charge in [0.15, 0.2) is 5.96 Å². The molecule has 2 rings (SSSR count). The minimum absolute atomic E-state index is 0.0488. The lowest BCUT2D eigenvalue weighted by Crippen LogP contribution is -2.36. The molecule has 2 aromatic rings. The van der Waals surface area contributed by atoms with Crippen molar-refractivity contribution in [3.63, 3.8) is 0 Å². The first kappa shape index (κ1) is 22.0. The summed E-state index contributed by atoms with van der Waals surface area (Å²) in [5.41, 5.74) is 2.70. The molecule has 6 nitrogen and oxygen atoms in total. The third kappa shape index (κ3) is 7.33. The van der Waals surface area contributed by atoms with Gasteiger partial charge in [-0.1, -0.05) is 49.9 Å². The molecule has 0 saturated carbocycles. The first-order chi connectivity index (χ1) is 14.2. The quantitative estimate of drug-likeness (QED) is 0.329. The number of hydrogen-bond donors (Lipinski definition) is 3. The van der Waals surface area contributed by atoms with E-state index in [9.17, 15) is 4.79 Å². The molecule has 6 heteroatoms. The molecule has 0 aliphatic rings. The fourth-order valence-corrected chi connectivity index (χ4v) is 2.69. The van der Waals surface area contributed by atoms with Crippen molar-refractivity contribution in [2.24, 2.45) is 4.99 Å². The van der Waals surface area contributed by atoms with Crippen LogP contribution in [0.5, 0.6) is 5.75 Å². The van der Waals surface area contributed by atoms with Crippen molar-refractivity contribution < 1.29 is 9.53 Å². The molecule has 154 valence electrons. The zero-order valence-corrected chi connectivity index (χ0v) is 17.2. The van der Waals surface area contributed by atoms with Crippen molar-refractivity contribution in [1.82, 2.24) is 16.0 Å². The molecule has 0 spiro atoms. The van der Waals surface area contributed by atoms with E-state index >= 15 is 0 Å². The minimum Gasteiger partial charge on any atom is -0.489 e. The molecular weight excluding hydrogens is 364 g/mol. The number of benzene rings is 2. The third-order valence-electron chi connectivity index (χ3n) is 4.18. The number of para-hydroxylation sites is 1. The average molecular weight is 395 g/mol. The second-order valence-electron chi connectivity index (χ2n) is 6.44. The summed E-state index contributed by atoms with van der Waals surface area (Å²) in [5, 5.41) is 9.47. The number of hydrogen-bond acceptors (Lipinski definition) is 3. The van der Waals surface area contributed by atoms with E-state index in [0.717, 1.165) is 23.3 Å². The number of ether oxygens (including phenoxy) is 1. The summed E-state index contributed by atoms with van der Waals surface area (Å²) in [6.07, 6.45) is 2.64. The van der Waals surface area contributed by atoms with Crippen LogP contribution in [0.25, 0.3) is 0 Å². The molecule has 0 radical (unpaired) electrons. The van der Waals surface area contributed by atoms with Gasteiger partial charge < -0.3 is 20.7 Å². The molecule has 0 fully saturated rings. The number of rotatable bonds is 10. The van der Waals surface area contributed by atoms with Gasteiger partial charge in [-0.05, 0) is 30.2 Å². The summed E-state index contributed by atoms with van der Waals surface area (Å²) in [4.78, 5) is 16.4. The molecule has 1 amide bonds. The largest absolute Gasteiger partial charge is 0.489 e. The number of guanidine groups is 1. The summed E-state index contributed by atoms with van der Waals surface area (Å²) in [6, 6.07) is 15.5. The first-order valence-electron chi connectivity index (χ1n) is 9.81. The van der Waals surface area contributed by atoms with E-state index in [4.69, 9.17) is 4.74 Å². The molecule has 0 bridgehead atoms. The van der Waals surface area contributed by atoms with Crippen molar-refractivity contribution in [3.8, 4) is 5.75 Å². The Morgan fingerprint density at radius 1 is 1.10 bits per heavy atom. The van der Waals surface area contributed by atoms with Crippen LogP contribution < -0.4 is 20.7 Å². The maximum atomic E-state index is 12.1. The minimum atomic E-state index is -0.0488. The van der Waals surface area contributed by atoms with Crippen LogP contribution >= 0.6 is 0 Å². The molecule has 0 atom stereocenters. The van der Waals surface area contributed by atoms with Crippen molar-refractivity contribution in [2.45, 2.75) is 26.4 Å². The normalized spacial score (nSPS) is 10.9. The molecule has 0 aliphatic carbocycles. The van der Waals surface area contributed by atoms with Gasteiger partial charge in [-0.3, -0.25) is 9.79 Å². The highest BCUT2D eigenvalue weighted by Gasteiger charge is 2.07. The van der Waals surface area contributed by atoms with Crippen molar-refractivity contribution in [1.29, 1.82) is 0 Å². The fraction of sp³-hybridized carbons (Fsp3) is 0.304. The summed E-state index contributed by atoms with van der Waals surface area (Å²) in [7, 11) is 1.73. The molecular formula is C23H30N4O2. The van der Waals surface area contributed by atoms with Crippen LogP contribution in [0.1, 0.15) is 34.8 Å². The van der Waals surface area contributed by atoms with Crippen LogP contribution in [0, 0.1) is 0 Å². The monoisotopic (exact) mass is 394 g/mol. The van der Waals surface area contributed by atoms with Gasteiger partial charge in [0.2, 0.25) is 0 Å². The van der Waals surface area contributed by atoms with Gasteiger partial charge in [0.05, 0.1) is 0 Å². The van der Waals surface area contributed by atoms with E-state index in [1.807, 2.05) is 55.5 Å². The Balaban J connectivity index is 1.92. The molecule has 0 saturated heterocycles. The Bertz CT molecular complexity index is 833. The van der Waals surface area contributed by atoms with Crippen LogP contribution in [0.2, 0.25) is 0 Å². The number of aliphatic imine (C=N–C) groups is 1. The number of nitrogens with one attached hydrogen (secondary N) is 3. The van der Waals surface area contributed by atoms with Gasteiger partial charge >= 0.3 is 0 Å².